The maximum Gasteiger partial charge on any atom is 0.0949 e. The van der Waals surface area contributed by atoms with E-state index >= 15 is 0 Å². The van der Waals surface area contributed by atoms with E-state index in [1.165, 1.54) is 25.7 Å². The Morgan fingerprint density at radius 1 is 1.47 bits per heavy atom. The first kappa shape index (κ1) is 12.6. The molecule has 0 unspecified atom stereocenters. The lowest BCUT2D eigenvalue weighted by Gasteiger charge is -2.37. The minimum absolute atomic E-state index is 0.0538. The second kappa shape index (κ2) is 4.78. The molecule has 1 atom stereocenters. The first-order chi connectivity index (χ1) is 8.05. The van der Waals surface area contributed by atoms with Gasteiger partial charge in [0.05, 0.1) is 12.0 Å². The van der Waals surface area contributed by atoms with Gasteiger partial charge < -0.3 is 15.2 Å². The van der Waals surface area contributed by atoms with Crippen LogP contribution in [0.15, 0.2) is 12.5 Å². The van der Waals surface area contributed by atoms with Crippen LogP contribution in [0.1, 0.15) is 44.3 Å². The maximum absolute atomic E-state index is 5.98. The summed E-state index contributed by atoms with van der Waals surface area (Å²) in [7, 11) is 4.38. The van der Waals surface area contributed by atoms with Gasteiger partial charge in [0.15, 0.2) is 0 Å². The molecule has 0 aromatic carbocycles. The van der Waals surface area contributed by atoms with E-state index in [9.17, 15) is 0 Å². The predicted molar refractivity (Wildman–Crippen MR) is 69.7 cm³/mol. The fraction of sp³-hybridized carbons (Fsp3) is 0.769. The molecule has 17 heavy (non-hydrogen) atoms. The number of hydrogen-bond acceptors (Lipinski definition) is 3. The van der Waals surface area contributed by atoms with E-state index in [2.05, 4.69) is 28.5 Å². The van der Waals surface area contributed by atoms with Crippen molar-refractivity contribution in [2.24, 2.45) is 5.73 Å². The second-order valence-electron chi connectivity index (χ2n) is 5.56. The number of likely N-dealkylation sites (N-methyl/N-ethyl adjacent to an activating group) is 1. The molecule has 0 spiro atoms. The summed E-state index contributed by atoms with van der Waals surface area (Å²) in [5.74, 6) is 0. The highest BCUT2D eigenvalue weighted by atomic mass is 15.2. The summed E-state index contributed by atoms with van der Waals surface area (Å²) in [6.45, 7) is 3.03. The molecule has 2 rings (SSSR count). The molecular weight excluding hydrogens is 212 g/mol. The Bertz CT molecular complexity index is 361. The van der Waals surface area contributed by atoms with Gasteiger partial charge in [-0.3, -0.25) is 0 Å². The average Bonchev–Trinajstić information content (AvgIpc) is 2.87. The number of nitrogens with two attached hydrogens (primary N) is 1. The topological polar surface area (TPSA) is 47.1 Å². The summed E-state index contributed by atoms with van der Waals surface area (Å²) in [6, 6.07) is 0.0538. The largest absolute Gasteiger partial charge is 0.331 e. The zero-order valence-electron chi connectivity index (χ0n) is 11.2. The molecule has 4 heteroatoms. The minimum atomic E-state index is 0.0538. The van der Waals surface area contributed by atoms with Crippen LogP contribution in [0.25, 0.3) is 0 Å². The lowest BCUT2D eigenvalue weighted by atomic mass is 9.95. The van der Waals surface area contributed by atoms with Crippen molar-refractivity contribution in [1.29, 1.82) is 0 Å². The van der Waals surface area contributed by atoms with E-state index in [-0.39, 0.29) is 6.04 Å². The molecule has 1 aliphatic rings. The molecule has 1 heterocycles. The molecular formula is C13H24N4. The van der Waals surface area contributed by atoms with Gasteiger partial charge in [-0.2, -0.15) is 0 Å². The molecule has 1 aliphatic carbocycles. The fourth-order valence-electron chi connectivity index (χ4n) is 2.94. The van der Waals surface area contributed by atoms with Crippen LogP contribution in [0, 0.1) is 0 Å². The highest BCUT2D eigenvalue weighted by Gasteiger charge is 2.36. The number of imidazole rings is 1. The van der Waals surface area contributed by atoms with Gasteiger partial charge in [-0.05, 0) is 33.9 Å². The second-order valence-corrected chi connectivity index (χ2v) is 5.56. The SMILES string of the molecule is C[C@@H](N)c1cncn1CC1(N(C)C)CCCC1. The van der Waals surface area contributed by atoms with Crippen molar-refractivity contribution in [1.82, 2.24) is 14.5 Å². The van der Waals surface area contributed by atoms with Crippen molar-refractivity contribution < 1.29 is 0 Å². The standard InChI is InChI=1S/C13H24N4/c1-11(14)12-8-15-10-17(12)9-13(16(2)3)6-4-5-7-13/h8,10-11H,4-7,9,14H2,1-3H3/t11-/m1/s1. The van der Waals surface area contributed by atoms with Gasteiger partial charge >= 0.3 is 0 Å². The number of hydrogen-bond donors (Lipinski definition) is 1. The summed E-state index contributed by atoms with van der Waals surface area (Å²) in [5.41, 5.74) is 7.41. The van der Waals surface area contributed by atoms with Crippen molar-refractivity contribution in [3.8, 4) is 0 Å². The van der Waals surface area contributed by atoms with Gasteiger partial charge in [-0.15, -0.1) is 0 Å². The van der Waals surface area contributed by atoms with Gasteiger partial charge in [0.2, 0.25) is 0 Å². The highest BCUT2D eigenvalue weighted by molar-refractivity contribution is 5.06. The van der Waals surface area contributed by atoms with E-state index in [1.54, 1.807) is 0 Å². The van der Waals surface area contributed by atoms with E-state index in [1.807, 2.05) is 19.4 Å². The van der Waals surface area contributed by atoms with Crippen LogP contribution in [0.2, 0.25) is 0 Å². The molecule has 0 bridgehead atoms. The van der Waals surface area contributed by atoms with E-state index in [0.29, 0.717) is 5.54 Å². The Labute approximate surface area is 104 Å². The number of aromatic nitrogens is 2. The molecule has 0 radical (unpaired) electrons. The van der Waals surface area contributed by atoms with Crippen LogP contribution >= 0.6 is 0 Å². The van der Waals surface area contributed by atoms with Crippen LogP contribution < -0.4 is 5.73 Å². The van der Waals surface area contributed by atoms with Gasteiger partial charge in [-0.1, -0.05) is 12.8 Å². The molecule has 1 saturated carbocycles. The molecule has 2 N–H and O–H groups in total. The Kier molecular flexibility index (Phi) is 3.54. The van der Waals surface area contributed by atoms with Crippen LogP contribution in [0.4, 0.5) is 0 Å². The Morgan fingerprint density at radius 3 is 2.65 bits per heavy atom. The van der Waals surface area contributed by atoms with Crippen LogP contribution in [-0.2, 0) is 6.54 Å². The first-order valence-corrected chi connectivity index (χ1v) is 6.48. The lowest BCUT2D eigenvalue weighted by Crippen LogP contribution is -2.45. The van der Waals surface area contributed by atoms with Gasteiger partial charge in [0, 0.05) is 24.3 Å². The van der Waals surface area contributed by atoms with Gasteiger partial charge in [0.25, 0.3) is 0 Å². The van der Waals surface area contributed by atoms with Gasteiger partial charge in [-0.25, -0.2) is 4.98 Å². The van der Waals surface area contributed by atoms with Crippen molar-refractivity contribution >= 4 is 0 Å². The van der Waals surface area contributed by atoms with E-state index in [0.717, 1.165) is 12.2 Å². The van der Waals surface area contributed by atoms with Crippen molar-refractivity contribution in [2.75, 3.05) is 14.1 Å². The molecule has 96 valence electrons. The molecule has 0 saturated heterocycles. The molecule has 1 fully saturated rings. The Morgan fingerprint density at radius 2 is 2.12 bits per heavy atom. The van der Waals surface area contributed by atoms with Crippen molar-refractivity contribution in [3.63, 3.8) is 0 Å². The Balaban J connectivity index is 2.21. The smallest absolute Gasteiger partial charge is 0.0949 e. The third kappa shape index (κ3) is 2.38. The van der Waals surface area contributed by atoms with Crippen LogP contribution in [0.5, 0.6) is 0 Å². The van der Waals surface area contributed by atoms with Crippen molar-refractivity contribution in [3.05, 3.63) is 18.2 Å². The zero-order valence-corrected chi connectivity index (χ0v) is 11.2. The van der Waals surface area contributed by atoms with Crippen LogP contribution in [-0.4, -0.2) is 34.1 Å². The lowest BCUT2D eigenvalue weighted by molar-refractivity contribution is 0.132. The minimum Gasteiger partial charge on any atom is -0.331 e. The fourth-order valence-corrected chi connectivity index (χ4v) is 2.94. The van der Waals surface area contributed by atoms with E-state index in [4.69, 9.17) is 5.73 Å². The third-order valence-electron chi connectivity index (χ3n) is 4.16. The van der Waals surface area contributed by atoms with E-state index < -0.39 is 0 Å². The van der Waals surface area contributed by atoms with Crippen LogP contribution in [0.3, 0.4) is 0 Å². The Hall–Kier alpha value is -0.870. The average molecular weight is 236 g/mol. The summed E-state index contributed by atoms with van der Waals surface area (Å²) in [5, 5.41) is 0. The molecule has 0 amide bonds. The summed E-state index contributed by atoms with van der Waals surface area (Å²) >= 11 is 0. The predicted octanol–water partition coefficient (Wildman–Crippen LogP) is 1.78. The maximum atomic E-state index is 5.98. The zero-order chi connectivity index (χ0) is 12.5. The quantitative estimate of drug-likeness (QED) is 0.867. The molecule has 1 aromatic heterocycles. The molecule has 0 aliphatic heterocycles. The normalized spacial score (nSPS) is 21.0. The summed E-state index contributed by atoms with van der Waals surface area (Å²) in [6.07, 6.45) is 9.03. The number of rotatable bonds is 4. The molecule has 4 nitrogen and oxygen atoms in total. The molecule has 1 aromatic rings. The third-order valence-corrected chi connectivity index (χ3v) is 4.16. The van der Waals surface area contributed by atoms with Gasteiger partial charge in [0.1, 0.15) is 0 Å². The first-order valence-electron chi connectivity index (χ1n) is 6.48. The summed E-state index contributed by atoms with van der Waals surface area (Å²) in [4.78, 5) is 6.62. The monoisotopic (exact) mass is 236 g/mol. The van der Waals surface area contributed by atoms with Crippen molar-refractivity contribution in [2.45, 2.75) is 50.7 Å². The summed E-state index contributed by atoms with van der Waals surface area (Å²) < 4.78 is 2.23. The highest BCUT2D eigenvalue weighted by Crippen LogP contribution is 2.35. The number of nitrogens with zero attached hydrogens (tertiary/aromatic N) is 3.